The topological polar surface area (TPSA) is 97.7 Å². The number of benzene rings is 2. The van der Waals surface area contributed by atoms with Gasteiger partial charge in [-0.3, -0.25) is 9.69 Å². The molecule has 2 aromatic heterocycles. The smallest absolute Gasteiger partial charge is 0.252 e. The fraction of sp³-hybridized carbons (Fsp3) is 0.371. The van der Waals surface area contributed by atoms with Crippen molar-refractivity contribution in [2.24, 2.45) is 5.73 Å². The summed E-state index contributed by atoms with van der Waals surface area (Å²) < 4.78 is 6.02. The molecule has 2 aromatic carbocycles. The molecule has 0 radical (unpaired) electrons. The molecule has 6 rings (SSSR count). The maximum Gasteiger partial charge on any atom is 0.252 e. The molecule has 1 aliphatic carbocycles. The summed E-state index contributed by atoms with van der Waals surface area (Å²) in [6.07, 6.45) is 7.26. The number of nitrogens with two attached hydrogens (primary N) is 2. The first-order valence-electron chi connectivity index (χ1n) is 15.1. The molecule has 8 heteroatoms. The number of ether oxygens (including phenoxy) is 1. The van der Waals surface area contributed by atoms with E-state index in [1.165, 1.54) is 74.1 Å². The molecule has 226 valence electrons. The molecular formula is C35H43N5O2S. The second-order valence-corrected chi connectivity index (χ2v) is 12.4. The van der Waals surface area contributed by atoms with Crippen LogP contribution in [0.5, 0.6) is 0 Å². The van der Waals surface area contributed by atoms with Crippen LogP contribution in [0.25, 0.3) is 22.3 Å². The van der Waals surface area contributed by atoms with E-state index in [2.05, 4.69) is 70.4 Å². The molecule has 43 heavy (non-hydrogen) atoms. The van der Waals surface area contributed by atoms with Crippen molar-refractivity contribution in [2.75, 3.05) is 39.0 Å². The molecule has 3 heterocycles. The van der Waals surface area contributed by atoms with E-state index in [1.807, 2.05) is 17.7 Å². The van der Waals surface area contributed by atoms with Gasteiger partial charge in [-0.05, 0) is 77.0 Å². The third-order valence-electron chi connectivity index (χ3n) is 8.38. The highest BCUT2D eigenvalue weighted by Gasteiger charge is 2.16. The third kappa shape index (κ3) is 8.51. The number of thiophene rings is 1. The molecule has 4 aromatic rings. The number of hydrogen-bond acceptors (Lipinski definition) is 7. The van der Waals surface area contributed by atoms with E-state index in [9.17, 15) is 4.79 Å². The van der Waals surface area contributed by atoms with Gasteiger partial charge < -0.3 is 21.1 Å². The number of aryl methyl sites for hydroxylation is 1. The van der Waals surface area contributed by atoms with Gasteiger partial charge in [-0.1, -0.05) is 61.4 Å². The number of carbonyl (C=O) groups is 1. The fourth-order valence-electron chi connectivity index (χ4n) is 5.61. The first-order valence-corrected chi connectivity index (χ1v) is 16.1. The minimum absolute atomic E-state index is 0.170. The van der Waals surface area contributed by atoms with Gasteiger partial charge in [0, 0.05) is 44.5 Å². The van der Waals surface area contributed by atoms with Gasteiger partial charge in [-0.2, -0.15) is 11.3 Å². The average Bonchev–Trinajstić information content (AvgIpc) is 3.70. The lowest BCUT2D eigenvalue weighted by molar-refractivity contribution is 0.0457. The minimum Gasteiger partial charge on any atom is -0.383 e. The summed E-state index contributed by atoms with van der Waals surface area (Å²) >= 11 is 1.60. The fourth-order valence-corrected chi connectivity index (χ4v) is 6.46. The molecular weight excluding hydrogens is 554 g/mol. The van der Waals surface area contributed by atoms with Crippen molar-refractivity contribution in [1.82, 2.24) is 14.8 Å². The van der Waals surface area contributed by atoms with E-state index in [0.29, 0.717) is 6.10 Å². The van der Waals surface area contributed by atoms with Crippen molar-refractivity contribution < 1.29 is 9.53 Å². The van der Waals surface area contributed by atoms with Crippen LogP contribution < -0.4 is 11.5 Å². The van der Waals surface area contributed by atoms with Gasteiger partial charge >= 0.3 is 0 Å². The second kappa shape index (κ2) is 14.8. The highest BCUT2D eigenvalue weighted by molar-refractivity contribution is 7.08. The lowest BCUT2D eigenvalue weighted by Gasteiger charge is -2.32. The van der Waals surface area contributed by atoms with Crippen LogP contribution in [0.3, 0.4) is 0 Å². The predicted molar refractivity (Wildman–Crippen MR) is 177 cm³/mol. The Kier molecular flexibility index (Phi) is 10.6. The summed E-state index contributed by atoms with van der Waals surface area (Å²) in [6.45, 7) is 8.50. The Balaban J connectivity index is 0.000000196. The molecule has 2 aliphatic rings. The van der Waals surface area contributed by atoms with Crippen LogP contribution in [0.15, 0.2) is 71.6 Å². The predicted octanol–water partition coefficient (Wildman–Crippen LogP) is 6.36. The molecule has 1 saturated carbocycles. The molecule has 1 aliphatic heterocycles. The van der Waals surface area contributed by atoms with Gasteiger partial charge in [0.1, 0.15) is 5.82 Å². The highest BCUT2D eigenvalue weighted by Crippen LogP contribution is 2.28. The van der Waals surface area contributed by atoms with Crippen molar-refractivity contribution in [3.05, 3.63) is 93.8 Å². The zero-order valence-corrected chi connectivity index (χ0v) is 26.1. The van der Waals surface area contributed by atoms with Crippen molar-refractivity contribution in [3.63, 3.8) is 0 Å². The Morgan fingerprint density at radius 2 is 1.56 bits per heavy atom. The van der Waals surface area contributed by atoms with Gasteiger partial charge in [0.15, 0.2) is 0 Å². The van der Waals surface area contributed by atoms with Crippen LogP contribution >= 0.6 is 11.3 Å². The molecule has 1 saturated heterocycles. The van der Waals surface area contributed by atoms with E-state index in [1.54, 1.807) is 23.6 Å². The molecule has 0 spiro atoms. The Morgan fingerprint density at radius 1 is 0.930 bits per heavy atom. The summed E-state index contributed by atoms with van der Waals surface area (Å²) in [6, 6.07) is 19.6. The number of primary amides is 1. The molecule has 4 N–H and O–H groups in total. The molecule has 0 atom stereocenters. The molecule has 0 bridgehead atoms. The van der Waals surface area contributed by atoms with Crippen molar-refractivity contribution in [2.45, 2.75) is 51.9 Å². The molecule has 1 amide bonds. The van der Waals surface area contributed by atoms with E-state index < -0.39 is 5.91 Å². The maximum atomic E-state index is 11.1. The zero-order valence-electron chi connectivity index (χ0n) is 25.3. The summed E-state index contributed by atoms with van der Waals surface area (Å²) in [4.78, 5) is 20.1. The van der Waals surface area contributed by atoms with Crippen molar-refractivity contribution in [1.29, 1.82) is 0 Å². The van der Waals surface area contributed by atoms with Crippen LogP contribution in [0.4, 0.5) is 5.82 Å². The Morgan fingerprint density at radius 3 is 2.14 bits per heavy atom. The number of rotatable bonds is 8. The summed E-state index contributed by atoms with van der Waals surface area (Å²) in [5.41, 5.74) is 19.4. The number of likely N-dealkylation sites (N-methyl/N-ethyl adjacent to an activating group) is 1. The SMILES string of the molecule is CN1CCN(Cc2ccc(-c3ccc(COC4CCCC4)cc3)cc2)CC1.Cc1cscc1-c1cnc(N)c(C(N)=O)c1. The van der Waals surface area contributed by atoms with Gasteiger partial charge in [0.25, 0.3) is 5.91 Å². The van der Waals surface area contributed by atoms with Crippen LogP contribution in [0.2, 0.25) is 0 Å². The average molecular weight is 598 g/mol. The standard InChI is InChI=1S/C24H32N2O.C11H11N3OS/c1-25-14-16-26(17-15-25)18-20-6-10-22(11-7-20)23-12-8-21(9-13-23)19-27-24-4-2-3-5-24;1-6-4-16-5-9(6)7-2-8(11(13)15)10(12)14-3-7/h6-13,24H,2-5,14-19H2,1H3;2-5H,1H3,(H2,12,14)(H2,13,15). The number of aromatic nitrogens is 1. The molecule has 2 fully saturated rings. The lowest BCUT2D eigenvalue weighted by atomic mass is 10.0. The number of pyridine rings is 1. The summed E-state index contributed by atoms with van der Waals surface area (Å²) in [7, 11) is 2.21. The monoisotopic (exact) mass is 597 g/mol. The second-order valence-electron chi connectivity index (χ2n) is 11.7. The summed E-state index contributed by atoms with van der Waals surface area (Å²) in [5, 5.41) is 4.04. The number of carbonyl (C=O) groups excluding carboxylic acids is 1. The molecule has 0 unspecified atom stereocenters. The van der Waals surface area contributed by atoms with Crippen molar-refractivity contribution in [3.8, 4) is 22.3 Å². The number of amides is 1. The molecule has 7 nitrogen and oxygen atoms in total. The largest absolute Gasteiger partial charge is 0.383 e. The lowest BCUT2D eigenvalue weighted by Crippen LogP contribution is -2.43. The van der Waals surface area contributed by atoms with E-state index >= 15 is 0 Å². The van der Waals surface area contributed by atoms with Gasteiger partial charge in [0.05, 0.1) is 18.3 Å². The zero-order chi connectivity index (χ0) is 30.2. The van der Waals surface area contributed by atoms with Gasteiger partial charge in [0.2, 0.25) is 0 Å². The number of nitrogen functional groups attached to an aromatic ring is 1. The number of hydrogen-bond donors (Lipinski definition) is 2. The summed E-state index contributed by atoms with van der Waals surface area (Å²) in [5.74, 6) is -0.385. The first-order chi connectivity index (χ1) is 20.9. The van der Waals surface area contributed by atoms with E-state index in [4.69, 9.17) is 16.2 Å². The van der Waals surface area contributed by atoms with Crippen LogP contribution in [-0.4, -0.2) is 60.0 Å². The third-order valence-corrected chi connectivity index (χ3v) is 9.24. The van der Waals surface area contributed by atoms with Crippen LogP contribution in [-0.2, 0) is 17.9 Å². The highest BCUT2D eigenvalue weighted by atomic mass is 32.1. The Hall–Kier alpha value is -3.56. The van der Waals surface area contributed by atoms with Crippen LogP contribution in [0.1, 0.15) is 52.7 Å². The number of anilines is 1. The minimum atomic E-state index is -0.556. The van der Waals surface area contributed by atoms with Crippen molar-refractivity contribution >= 4 is 23.1 Å². The van der Waals surface area contributed by atoms with Gasteiger partial charge in [-0.25, -0.2) is 4.98 Å². The van der Waals surface area contributed by atoms with E-state index in [0.717, 1.165) is 29.8 Å². The number of piperazine rings is 1. The van der Waals surface area contributed by atoms with Crippen LogP contribution in [0, 0.1) is 6.92 Å². The first kappa shape index (κ1) is 30.9. The quantitative estimate of drug-likeness (QED) is 0.245. The van der Waals surface area contributed by atoms with E-state index in [-0.39, 0.29) is 11.4 Å². The Bertz CT molecular complexity index is 1470. The normalized spacial score (nSPS) is 16.1. The maximum absolute atomic E-state index is 11.1. The Labute approximate surface area is 259 Å². The van der Waals surface area contributed by atoms with Gasteiger partial charge in [-0.15, -0.1) is 0 Å². The number of nitrogens with zero attached hydrogens (tertiary/aromatic N) is 3.